The van der Waals surface area contributed by atoms with E-state index in [0.29, 0.717) is 11.5 Å². The van der Waals surface area contributed by atoms with Gasteiger partial charge in [-0.1, -0.05) is 24.3 Å². The zero-order chi connectivity index (χ0) is 16.8. The summed E-state index contributed by atoms with van der Waals surface area (Å²) in [6, 6.07) is 24.3. The molecule has 0 bridgehead atoms. The van der Waals surface area contributed by atoms with E-state index >= 15 is 0 Å². The van der Waals surface area contributed by atoms with Gasteiger partial charge in [-0.2, -0.15) is 0 Å². The number of methoxy groups -OCH3 is 1. The van der Waals surface area contributed by atoms with Crippen molar-refractivity contribution in [2.45, 2.75) is 10.6 Å². The zero-order valence-corrected chi connectivity index (χ0v) is 14.2. The molecular weight excluding hydrogens is 318 g/mol. The highest BCUT2D eigenvalue weighted by Gasteiger charge is 2.10. The largest absolute Gasteiger partial charge is 0.493 e. The van der Waals surface area contributed by atoms with Gasteiger partial charge in [0.15, 0.2) is 11.5 Å². The topological polar surface area (TPSA) is 44.5 Å². The van der Waals surface area contributed by atoms with Gasteiger partial charge in [0.05, 0.1) is 7.11 Å². The van der Waals surface area contributed by atoms with Crippen LogP contribution < -0.4 is 15.2 Å². The number of hydrogen-bond donors (Lipinski definition) is 1. The van der Waals surface area contributed by atoms with Crippen LogP contribution in [0.25, 0.3) is 0 Å². The summed E-state index contributed by atoms with van der Waals surface area (Å²) < 4.78 is 11.4. The molecule has 3 nitrogen and oxygen atoms in total. The summed E-state index contributed by atoms with van der Waals surface area (Å²) in [7, 11) is 1.62. The standard InChI is InChI=1S/C20H18NO2S/c1-22-19-9-5-6-10-20(19)23-18-12-11-16(21)13-15(18)14-24-17-7-3-2-4-8-17/h2-5,7-13H,14,21H2,1H3. The fraction of sp³-hybridized carbons (Fsp3) is 0.100. The molecule has 0 aliphatic rings. The summed E-state index contributed by atoms with van der Waals surface area (Å²) in [4.78, 5) is 1.21. The van der Waals surface area contributed by atoms with Gasteiger partial charge in [-0.15, -0.1) is 11.8 Å². The quantitative estimate of drug-likeness (QED) is 0.499. The first-order valence-electron chi connectivity index (χ1n) is 7.54. The number of hydrogen-bond acceptors (Lipinski definition) is 4. The average molecular weight is 336 g/mol. The molecule has 24 heavy (non-hydrogen) atoms. The molecule has 4 heteroatoms. The van der Waals surface area contributed by atoms with E-state index in [1.807, 2.05) is 42.5 Å². The molecule has 0 aliphatic carbocycles. The number of rotatable bonds is 6. The highest BCUT2D eigenvalue weighted by Crippen LogP contribution is 2.35. The summed E-state index contributed by atoms with van der Waals surface area (Å²) in [5.74, 6) is 2.84. The Kier molecular flexibility index (Phi) is 5.29. The van der Waals surface area contributed by atoms with Crippen molar-refractivity contribution in [2.24, 2.45) is 0 Å². The maximum Gasteiger partial charge on any atom is 0.169 e. The van der Waals surface area contributed by atoms with E-state index in [1.165, 1.54) is 4.90 Å². The maximum atomic E-state index is 6.05. The second kappa shape index (κ2) is 7.79. The Hall–Kier alpha value is -2.59. The average Bonchev–Trinajstić information content (AvgIpc) is 2.63. The molecule has 0 saturated carbocycles. The lowest BCUT2D eigenvalue weighted by Gasteiger charge is -2.14. The Morgan fingerprint density at radius 1 is 1.00 bits per heavy atom. The summed E-state index contributed by atoms with van der Waals surface area (Å²) >= 11 is 1.74. The molecule has 0 saturated heterocycles. The number of ether oxygens (including phenoxy) is 2. The lowest BCUT2D eigenvalue weighted by molar-refractivity contribution is 0.378. The molecule has 3 rings (SSSR count). The van der Waals surface area contributed by atoms with Gasteiger partial charge in [-0.05, 0) is 48.5 Å². The number of nitrogen functional groups attached to an aromatic ring is 1. The fourth-order valence-corrected chi connectivity index (χ4v) is 3.15. The summed E-state index contributed by atoms with van der Waals surface area (Å²) in [5, 5.41) is 0. The second-order valence-corrected chi connectivity index (χ2v) is 6.20. The monoisotopic (exact) mass is 336 g/mol. The van der Waals surface area contributed by atoms with Crippen LogP contribution in [0.15, 0.2) is 71.6 Å². The summed E-state index contributed by atoms with van der Waals surface area (Å²) in [6.45, 7) is 0. The van der Waals surface area contributed by atoms with Crippen molar-refractivity contribution in [3.8, 4) is 17.2 Å². The van der Waals surface area contributed by atoms with Crippen LogP contribution in [0.4, 0.5) is 5.69 Å². The maximum absolute atomic E-state index is 6.05. The SMILES string of the molecule is COc1cc[c]cc1Oc1ccc(N)cc1CSc1ccccc1. The molecule has 0 spiro atoms. The van der Waals surface area contributed by atoms with Crippen LogP contribution in [0.3, 0.4) is 0 Å². The Bertz CT molecular complexity index is 806. The van der Waals surface area contributed by atoms with Crippen molar-refractivity contribution >= 4 is 17.4 Å². The third-order valence-electron chi connectivity index (χ3n) is 3.45. The van der Waals surface area contributed by atoms with Crippen LogP contribution in [0, 0.1) is 6.07 Å². The second-order valence-electron chi connectivity index (χ2n) is 5.15. The molecule has 0 heterocycles. The number of anilines is 1. The van der Waals surface area contributed by atoms with Crippen molar-refractivity contribution < 1.29 is 9.47 Å². The van der Waals surface area contributed by atoms with Gasteiger partial charge >= 0.3 is 0 Å². The first-order chi connectivity index (χ1) is 11.8. The van der Waals surface area contributed by atoms with Gasteiger partial charge in [0.2, 0.25) is 0 Å². The van der Waals surface area contributed by atoms with Crippen molar-refractivity contribution in [1.29, 1.82) is 0 Å². The van der Waals surface area contributed by atoms with Crippen molar-refractivity contribution in [2.75, 3.05) is 12.8 Å². The van der Waals surface area contributed by atoms with Crippen LogP contribution in [-0.4, -0.2) is 7.11 Å². The minimum atomic E-state index is 0.635. The van der Waals surface area contributed by atoms with Gasteiger partial charge in [0, 0.05) is 21.9 Å². The molecule has 121 valence electrons. The van der Waals surface area contributed by atoms with Gasteiger partial charge in [0.25, 0.3) is 0 Å². The molecule has 1 radical (unpaired) electrons. The molecule has 3 aromatic carbocycles. The van der Waals surface area contributed by atoms with Crippen LogP contribution >= 0.6 is 11.8 Å². The van der Waals surface area contributed by atoms with Crippen LogP contribution in [0.5, 0.6) is 17.2 Å². The van der Waals surface area contributed by atoms with Crippen LogP contribution in [-0.2, 0) is 5.75 Å². The lowest BCUT2D eigenvalue weighted by atomic mass is 10.2. The molecular formula is C20H18NO2S. The Balaban J connectivity index is 1.83. The number of thioether (sulfide) groups is 1. The third-order valence-corrected chi connectivity index (χ3v) is 4.51. The Morgan fingerprint density at radius 2 is 1.83 bits per heavy atom. The number of benzene rings is 3. The Morgan fingerprint density at radius 3 is 2.62 bits per heavy atom. The van der Waals surface area contributed by atoms with E-state index in [2.05, 4.69) is 18.2 Å². The summed E-state index contributed by atoms with van der Waals surface area (Å²) in [6.07, 6.45) is 0. The van der Waals surface area contributed by atoms with E-state index in [4.69, 9.17) is 15.2 Å². The van der Waals surface area contributed by atoms with Crippen molar-refractivity contribution in [3.05, 3.63) is 78.4 Å². The molecule has 0 fully saturated rings. The van der Waals surface area contributed by atoms with Gasteiger partial charge in [-0.25, -0.2) is 0 Å². The van der Waals surface area contributed by atoms with Gasteiger partial charge in [-0.3, -0.25) is 0 Å². The van der Waals surface area contributed by atoms with E-state index in [-0.39, 0.29) is 0 Å². The van der Waals surface area contributed by atoms with Crippen molar-refractivity contribution in [3.63, 3.8) is 0 Å². The van der Waals surface area contributed by atoms with E-state index in [0.717, 1.165) is 22.8 Å². The molecule has 0 unspecified atom stereocenters. The minimum absolute atomic E-state index is 0.635. The van der Waals surface area contributed by atoms with Gasteiger partial charge < -0.3 is 15.2 Å². The van der Waals surface area contributed by atoms with Crippen LogP contribution in [0.1, 0.15) is 5.56 Å². The molecule has 0 atom stereocenters. The van der Waals surface area contributed by atoms with E-state index in [9.17, 15) is 0 Å². The molecule has 2 N–H and O–H groups in total. The molecule has 0 aliphatic heterocycles. The molecule has 0 aromatic heterocycles. The summed E-state index contributed by atoms with van der Waals surface area (Å²) in [5.41, 5.74) is 7.71. The predicted molar refractivity (Wildman–Crippen MR) is 98.8 cm³/mol. The minimum Gasteiger partial charge on any atom is -0.493 e. The van der Waals surface area contributed by atoms with E-state index < -0.39 is 0 Å². The molecule has 0 amide bonds. The smallest absolute Gasteiger partial charge is 0.169 e. The van der Waals surface area contributed by atoms with E-state index in [1.54, 1.807) is 31.0 Å². The third kappa shape index (κ3) is 4.03. The normalized spacial score (nSPS) is 10.4. The zero-order valence-electron chi connectivity index (χ0n) is 13.4. The Labute approximate surface area is 146 Å². The highest BCUT2D eigenvalue weighted by molar-refractivity contribution is 7.98. The number of nitrogens with two attached hydrogens (primary N) is 1. The first kappa shape index (κ1) is 16.3. The molecule has 3 aromatic rings. The van der Waals surface area contributed by atoms with Crippen LogP contribution in [0.2, 0.25) is 0 Å². The lowest BCUT2D eigenvalue weighted by Crippen LogP contribution is -1.95. The van der Waals surface area contributed by atoms with Crippen molar-refractivity contribution in [1.82, 2.24) is 0 Å². The predicted octanol–water partition coefficient (Wildman–Crippen LogP) is 5.16. The first-order valence-corrected chi connectivity index (χ1v) is 8.53. The fourth-order valence-electron chi connectivity index (χ4n) is 2.26. The highest BCUT2D eigenvalue weighted by atomic mass is 32.2. The van der Waals surface area contributed by atoms with Gasteiger partial charge in [0.1, 0.15) is 5.75 Å².